The smallest absolute Gasteiger partial charge is 0.228 e. The van der Waals surface area contributed by atoms with Crippen LogP contribution >= 0.6 is 0 Å². The van der Waals surface area contributed by atoms with Gasteiger partial charge in [-0.3, -0.25) is 19.9 Å². The second-order valence-corrected chi connectivity index (χ2v) is 6.79. The molecule has 5 nitrogen and oxygen atoms in total. The van der Waals surface area contributed by atoms with Crippen LogP contribution in [0, 0.1) is 12.3 Å². The van der Waals surface area contributed by atoms with E-state index in [0.29, 0.717) is 22.5 Å². The predicted octanol–water partition coefficient (Wildman–Crippen LogP) is 4.35. The minimum absolute atomic E-state index is 0.0666. The Kier molecular flexibility index (Phi) is 4.08. The number of phenols is 1. The summed E-state index contributed by atoms with van der Waals surface area (Å²) in [6, 6.07) is 17.2. The molecule has 0 radical (unpaired) electrons. The van der Waals surface area contributed by atoms with Gasteiger partial charge in [-0.1, -0.05) is 42.0 Å². The zero-order chi connectivity index (χ0) is 20.0. The summed E-state index contributed by atoms with van der Waals surface area (Å²) < 4.78 is 0. The minimum Gasteiger partial charge on any atom is -0.507 e. The Morgan fingerprint density at radius 1 is 0.929 bits per heavy atom. The third-order valence-corrected chi connectivity index (χ3v) is 4.93. The Balaban J connectivity index is 2.00. The van der Waals surface area contributed by atoms with Gasteiger partial charge in [0.2, 0.25) is 5.91 Å². The second kappa shape index (κ2) is 6.46. The highest BCUT2D eigenvalue weighted by atomic mass is 16.3. The van der Waals surface area contributed by atoms with Gasteiger partial charge in [-0.05, 0) is 31.2 Å². The maximum Gasteiger partial charge on any atom is 0.228 e. The molecule has 0 fully saturated rings. The van der Waals surface area contributed by atoms with Gasteiger partial charge in [0, 0.05) is 23.7 Å². The minimum atomic E-state index is -0.314. The number of carbonyl (C=O) groups is 2. The van der Waals surface area contributed by atoms with Crippen LogP contribution < -0.4 is 4.90 Å². The van der Waals surface area contributed by atoms with Crippen LogP contribution in [0.15, 0.2) is 60.7 Å². The molecule has 4 rings (SSSR count). The third kappa shape index (κ3) is 2.60. The van der Waals surface area contributed by atoms with Crippen molar-refractivity contribution in [3.8, 4) is 5.75 Å². The summed E-state index contributed by atoms with van der Waals surface area (Å²) in [7, 11) is 0. The molecule has 0 aliphatic heterocycles. The van der Waals surface area contributed by atoms with Gasteiger partial charge >= 0.3 is 0 Å². The number of aromatic hydroxyl groups is 1. The predicted molar refractivity (Wildman–Crippen MR) is 108 cm³/mol. The average Bonchev–Trinajstić information content (AvgIpc) is 2.68. The van der Waals surface area contributed by atoms with Crippen LogP contribution in [-0.4, -0.2) is 22.5 Å². The van der Waals surface area contributed by atoms with E-state index < -0.39 is 0 Å². The molecule has 0 saturated carbocycles. The van der Waals surface area contributed by atoms with Gasteiger partial charge in [0.25, 0.3) is 0 Å². The first-order chi connectivity index (χ1) is 13.4. The maximum absolute atomic E-state index is 13.3. The van der Waals surface area contributed by atoms with Crippen molar-refractivity contribution in [1.29, 1.82) is 5.41 Å². The largest absolute Gasteiger partial charge is 0.507 e. The van der Waals surface area contributed by atoms with Crippen molar-refractivity contribution in [2.24, 2.45) is 0 Å². The fourth-order valence-corrected chi connectivity index (χ4v) is 3.60. The van der Waals surface area contributed by atoms with Gasteiger partial charge in [-0.25, -0.2) is 0 Å². The topological polar surface area (TPSA) is 81.5 Å². The number of benzene rings is 3. The molecule has 28 heavy (non-hydrogen) atoms. The molecule has 2 N–H and O–H groups in total. The van der Waals surface area contributed by atoms with Crippen molar-refractivity contribution >= 4 is 28.8 Å². The van der Waals surface area contributed by atoms with Gasteiger partial charge in [0.15, 0.2) is 5.78 Å². The van der Waals surface area contributed by atoms with Crippen LogP contribution in [0.5, 0.6) is 5.75 Å². The molecular weight excluding hydrogens is 352 g/mol. The first-order valence-corrected chi connectivity index (χ1v) is 8.86. The quantitative estimate of drug-likeness (QED) is 0.550. The maximum atomic E-state index is 13.3. The Morgan fingerprint density at radius 2 is 1.57 bits per heavy atom. The van der Waals surface area contributed by atoms with E-state index in [2.05, 4.69) is 0 Å². The molecule has 3 aromatic carbocycles. The number of rotatable bonds is 2. The van der Waals surface area contributed by atoms with Crippen LogP contribution in [0.3, 0.4) is 0 Å². The fraction of sp³-hybridized carbons (Fsp3) is 0.0870. The van der Waals surface area contributed by atoms with E-state index in [1.165, 1.54) is 17.9 Å². The molecule has 0 heterocycles. The van der Waals surface area contributed by atoms with Gasteiger partial charge in [-0.2, -0.15) is 0 Å². The molecule has 1 aliphatic carbocycles. The molecule has 0 spiro atoms. The molecule has 0 bridgehead atoms. The molecule has 138 valence electrons. The number of ketones is 1. The van der Waals surface area contributed by atoms with Gasteiger partial charge in [0.05, 0.1) is 22.5 Å². The highest BCUT2D eigenvalue weighted by Crippen LogP contribution is 2.40. The number of anilines is 2. The second-order valence-electron chi connectivity index (χ2n) is 6.79. The number of aryl methyl sites for hydroxylation is 1. The first-order valence-electron chi connectivity index (χ1n) is 8.86. The highest BCUT2D eigenvalue weighted by molar-refractivity contribution is 6.32. The van der Waals surface area contributed by atoms with E-state index in [-0.39, 0.29) is 34.3 Å². The lowest BCUT2D eigenvalue weighted by Crippen LogP contribution is -2.28. The summed E-state index contributed by atoms with van der Waals surface area (Å²) in [5.41, 5.74) is 3.26. The number of amides is 1. The zero-order valence-electron chi connectivity index (χ0n) is 15.5. The normalized spacial score (nSPS) is 12.4. The molecule has 0 atom stereocenters. The molecular formula is C23H18N2O3. The summed E-state index contributed by atoms with van der Waals surface area (Å²) in [4.78, 5) is 27.3. The van der Waals surface area contributed by atoms with E-state index in [1.54, 1.807) is 30.3 Å². The molecule has 5 heteroatoms. The monoisotopic (exact) mass is 370 g/mol. The zero-order valence-corrected chi connectivity index (χ0v) is 15.5. The number of phenolic OH excluding ortho intramolecular Hbond substituents is 1. The van der Waals surface area contributed by atoms with Crippen LogP contribution in [0.1, 0.15) is 39.5 Å². The van der Waals surface area contributed by atoms with E-state index in [0.717, 1.165) is 5.56 Å². The van der Waals surface area contributed by atoms with E-state index >= 15 is 0 Å². The van der Waals surface area contributed by atoms with Gasteiger partial charge < -0.3 is 5.11 Å². The summed E-state index contributed by atoms with van der Waals surface area (Å²) >= 11 is 0. The molecule has 1 amide bonds. The van der Waals surface area contributed by atoms with E-state index in [4.69, 9.17) is 5.41 Å². The van der Waals surface area contributed by atoms with Crippen LogP contribution in [-0.2, 0) is 4.79 Å². The molecule has 0 aromatic heterocycles. The molecule has 0 saturated heterocycles. The van der Waals surface area contributed by atoms with Crippen molar-refractivity contribution in [3.63, 3.8) is 0 Å². The van der Waals surface area contributed by atoms with E-state index in [9.17, 15) is 14.7 Å². The summed E-state index contributed by atoms with van der Waals surface area (Å²) in [5, 5.41) is 19.0. The van der Waals surface area contributed by atoms with Crippen molar-refractivity contribution in [2.75, 3.05) is 4.90 Å². The number of nitrogens with zero attached hydrogens (tertiary/aromatic N) is 1. The Morgan fingerprint density at radius 3 is 2.21 bits per heavy atom. The highest BCUT2D eigenvalue weighted by Gasteiger charge is 2.34. The van der Waals surface area contributed by atoms with Crippen LogP contribution in [0.25, 0.3) is 0 Å². The van der Waals surface area contributed by atoms with Gasteiger partial charge in [-0.15, -0.1) is 0 Å². The number of hydrogen-bond donors (Lipinski definition) is 2. The Labute approximate surface area is 162 Å². The SMILES string of the molecule is CC(=O)N(c1ccc(C)cc1)c1ccc(O)c2c1C(=O)c1ccccc1C2=N. The Hall–Kier alpha value is -3.73. The van der Waals surface area contributed by atoms with Crippen molar-refractivity contribution in [1.82, 2.24) is 0 Å². The number of hydrogen-bond acceptors (Lipinski definition) is 4. The van der Waals surface area contributed by atoms with Crippen molar-refractivity contribution in [2.45, 2.75) is 13.8 Å². The van der Waals surface area contributed by atoms with Crippen LogP contribution in [0.4, 0.5) is 11.4 Å². The number of nitrogens with one attached hydrogen (secondary N) is 1. The van der Waals surface area contributed by atoms with Crippen molar-refractivity contribution < 1.29 is 14.7 Å². The lowest BCUT2D eigenvalue weighted by Gasteiger charge is -2.28. The number of fused-ring (bicyclic) bond motifs is 2. The molecule has 0 unspecified atom stereocenters. The Bertz CT molecular complexity index is 1150. The standard InChI is InChI=1S/C23H18N2O3/c1-13-7-9-15(10-8-13)25(14(2)26)18-11-12-19(27)21-20(18)23(28)17-6-4-3-5-16(17)22(21)24/h3-12,24,27H,1-2H3. The lowest BCUT2D eigenvalue weighted by molar-refractivity contribution is -0.115. The van der Waals surface area contributed by atoms with Crippen LogP contribution in [0.2, 0.25) is 0 Å². The van der Waals surface area contributed by atoms with E-state index in [1.807, 2.05) is 31.2 Å². The molecule has 3 aromatic rings. The van der Waals surface area contributed by atoms with Gasteiger partial charge in [0.1, 0.15) is 5.75 Å². The number of carbonyl (C=O) groups excluding carboxylic acids is 2. The summed E-state index contributed by atoms with van der Waals surface area (Å²) in [6.45, 7) is 3.37. The summed E-state index contributed by atoms with van der Waals surface area (Å²) in [5.74, 6) is -0.736. The summed E-state index contributed by atoms with van der Waals surface area (Å²) in [6.07, 6.45) is 0. The fourth-order valence-electron chi connectivity index (χ4n) is 3.60. The third-order valence-electron chi connectivity index (χ3n) is 4.93. The van der Waals surface area contributed by atoms with Crippen molar-refractivity contribution in [3.05, 3.63) is 88.5 Å². The lowest BCUT2D eigenvalue weighted by atomic mass is 9.82. The first kappa shape index (κ1) is 17.7. The average molecular weight is 370 g/mol. The molecule has 1 aliphatic rings.